The molecule has 1 aromatic heterocycles. The number of halogens is 2. The fourth-order valence-electron chi connectivity index (χ4n) is 2.48. The summed E-state index contributed by atoms with van der Waals surface area (Å²) in [7, 11) is 0. The lowest BCUT2D eigenvalue weighted by atomic mass is 10.2. The Morgan fingerprint density at radius 3 is 2.28 bits per heavy atom. The molecule has 0 saturated heterocycles. The van der Waals surface area contributed by atoms with Crippen LogP contribution in [0.4, 0.5) is 14.5 Å². The second kappa shape index (κ2) is 6.27. The molecule has 0 spiro atoms. The Morgan fingerprint density at radius 1 is 1.12 bits per heavy atom. The van der Waals surface area contributed by atoms with Crippen LogP contribution in [-0.2, 0) is 6.54 Å². The maximum atomic E-state index is 14.0. The number of non-ortho nitro benzene ring substituents is 1. The molecule has 0 radical (unpaired) electrons. The standard InChI is InChI=1S/C16H12F2N4O3/c1-10-19-20(9-11-5-7-12(8-6-11)22(24)25)16(23)21(10)15-13(17)3-2-4-14(15)18/h2-8H,9H2,1H3. The summed E-state index contributed by atoms with van der Waals surface area (Å²) >= 11 is 0. The van der Waals surface area contributed by atoms with E-state index in [-0.39, 0.29) is 18.1 Å². The Hall–Kier alpha value is -3.36. The first-order valence-electron chi connectivity index (χ1n) is 7.22. The van der Waals surface area contributed by atoms with Gasteiger partial charge in [0.25, 0.3) is 5.69 Å². The highest BCUT2D eigenvalue weighted by Crippen LogP contribution is 2.17. The minimum Gasteiger partial charge on any atom is -0.258 e. The Morgan fingerprint density at radius 2 is 1.72 bits per heavy atom. The van der Waals surface area contributed by atoms with Crippen molar-refractivity contribution in [2.45, 2.75) is 13.5 Å². The number of nitro groups is 1. The van der Waals surface area contributed by atoms with Crippen LogP contribution < -0.4 is 5.69 Å². The zero-order chi connectivity index (χ0) is 18.1. The third-order valence-corrected chi connectivity index (χ3v) is 3.64. The molecule has 0 aliphatic rings. The first kappa shape index (κ1) is 16.5. The van der Waals surface area contributed by atoms with E-state index in [0.29, 0.717) is 5.56 Å². The van der Waals surface area contributed by atoms with Crippen molar-refractivity contribution >= 4 is 5.69 Å². The van der Waals surface area contributed by atoms with E-state index in [0.717, 1.165) is 21.4 Å². The van der Waals surface area contributed by atoms with E-state index < -0.39 is 27.9 Å². The van der Waals surface area contributed by atoms with Crippen LogP contribution in [0.5, 0.6) is 0 Å². The normalized spacial score (nSPS) is 10.8. The smallest absolute Gasteiger partial charge is 0.258 e. The molecule has 2 aromatic carbocycles. The number of aryl methyl sites for hydroxylation is 1. The molecule has 25 heavy (non-hydrogen) atoms. The number of hydrogen-bond donors (Lipinski definition) is 0. The quantitative estimate of drug-likeness (QED) is 0.537. The van der Waals surface area contributed by atoms with Gasteiger partial charge in [-0.25, -0.2) is 22.8 Å². The maximum Gasteiger partial charge on any atom is 0.351 e. The molecule has 128 valence electrons. The van der Waals surface area contributed by atoms with Crippen LogP contribution in [0.25, 0.3) is 5.69 Å². The first-order valence-corrected chi connectivity index (χ1v) is 7.22. The molecule has 3 rings (SSSR count). The maximum absolute atomic E-state index is 14.0. The van der Waals surface area contributed by atoms with Crippen molar-refractivity contribution in [3.63, 3.8) is 0 Å². The van der Waals surface area contributed by atoms with Crippen LogP contribution in [0.2, 0.25) is 0 Å². The minimum absolute atomic E-state index is 0.0146. The summed E-state index contributed by atoms with van der Waals surface area (Å²) in [6.07, 6.45) is 0. The number of hydrogen-bond acceptors (Lipinski definition) is 4. The van der Waals surface area contributed by atoms with Gasteiger partial charge in [0.05, 0.1) is 11.5 Å². The lowest BCUT2D eigenvalue weighted by Crippen LogP contribution is -2.26. The predicted octanol–water partition coefficient (Wildman–Crippen LogP) is 2.58. The Kier molecular flexibility index (Phi) is 4.14. The van der Waals surface area contributed by atoms with Crippen LogP contribution in [-0.4, -0.2) is 19.3 Å². The third kappa shape index (κ3) is 3.03. The summed E-state index contributed by atoms with van der Waals surface area (Å²) in [5.74, 6) is -1.63. The topological polar surface area (TPSA) is 83.0 Å². The second-order valence-corrected chi connectivity index (χ2v) is 5.32. The molecule has 0 unspecified atom stereocenters. The number of benzene rings is 2. The fraction of sp³-hybridized carbons (Fsp3) is 0.125. The molecule has 7 nitrogen and oxygen atoms in total. The monoisotopic (exact) mass is 346 g/mol. The lowest BCUT2D eigenvalue weighted by molar-refractivity contribution is -0.384. The number of nitrogens with zero attached hydrogens (tertiary/aromatic N) is 4. The van der Waals surface area contributed by atoms with Gasteiger partial charge in [-0.2, -0.15) is 5.10 Å². The molecule has 0 atom stereocenters. The summed E-state index contributed by atoms with van der Waals surface area (Å²) < 4.78 is 29.8. The van der Waals surface area contributed by atoms with Gasteiger partial charge in [-0.15, -0.1) is 0 Å². The highest BCUT2D eigenvalue weighted by molar-refractivity contribution is 5.36. The number of para-hydroxylation sites is 1. The number of rotatable bonds is 4. The van der Waals surface area contributed by atoms with Crippen LogP contribution >= 0.6 is 0 Å². The van der Waals surface area contributed by atoms with E-state index in [9.17, 15) is 23.7 Å². The molecular formula is C16H12F2N4O3. The van der Waals surface area contributed by atoms with Crippen molar-refractivity contribution in [1.29, 1.82) is 0 Å². The largest absolute Gasteiger partial charge is 0.351 e. The SMILES string of the molecule is Cc1nn(Cc2ccc([N+](=O)[O-])cc2)c(=O)n1-c1c(F)cccc1F. The molecule has 3 aromatic rings. The van der Waals surface area contributed by atoms with Crippen LogP contribution in [0.15, 0.2) is 47.3 Å². The average molecular weight is 346 g/mol. The van der Waals surface area contributed by atoms with Crippen molar-refractivity contribution in [1.82, 2.24) is 14.3 Å². The van der Waals surface area contributed by atoms with Gasteiger partial charge in [0, 0.05) is 12.1 Å². The lowest BCUT2D eigenvalue weighted by Gasteiger charge is -2.05. The Bertz CT molecular complexity index is 989. The predicted molar refractivity (Wildman–Crippen MR) is 84.7 cm³/mol. The van der Waals surface area contributed by atoms with Gasteiger partial charge < -0.3 is 0 Å². The zero-order valence-corrected chi connectivity index (χ0v) is 13.0. The molecule has 0 amide bonds. The number of nitro benzene ring substituents is 1. The van der Waals surface area contributed by atoms with Crippen LogP contribution in [0, 0.1) is 28.7 Å². The van der Waals surface area contributed by atoms with Crippen LogP contribution in [0.1, 0.15) is 11.4 Å². The molecule has 9 heteroatoms. The summed E-state index contributed by atoms with van der Waals surface area (Å²) in [6.45, 7) is 1.47. The minimum atomic E-state index is -0.875. The molecule has 0 aliphatic carbocycles. The van der Waals surface area contributed by atoms with Crippen molar-refractivity contribution in [2.24, 2.45) is 0 Å². The van der Waals surface area contributed by atoms with E-state index in [1.54, 1.807) is 0 Å². The zero-order valence-electron chi connectivity index (χ0n) is 13.0. The van der Waals surface area contributed by atoms with E-state index in [2.05, 4.69) is 5.10 Å². The van der Waals surface area contributed by atoms with Gasteiger partial charge in [0.1, 0.15) is 23.1 Å². The van der Waals surface area contributed by atoms with Crippen molar-refractivity contribution in [3.05, 3.63) is 86.1 Å². The summed E-state index contributed by atoms with van der Waals surface area (Å²) in [5.41, 5.74) is -0.683. The molecular weight excluding hydrogens is 334 g/mol. The van der Waals surface area contributed by atoms with Crippen molar-refractivity contribution in [3.8, 4) is 5.69 Å². The molecule has 0 saturated carbocycles. The van der Waals surface area contributed by atoms with Gasteiger partial charge in [-0.1, -0.05) is 18.2 Å². The first-order chi connectivity index (χ1) is 11.9. The van der Waals surface area contributed by atoms with Gasteiger partial charge in [0.2, 0.25) is 0 Å². The molecule has 0 fully saturated rings. The van der Waals surface area contributed by atoms with Crippen molar-refractivity contribution in [2.75, 3.05) is 0 Å². The highest BCUT2D eigenvalue weighted by atomic mass is 19.1. The average Bonchev–Trinajstić information content (AvgIpc) is 2.83. The van der Waals surface area contributed by atoms with E-state index in [1.807, 2.05) is 0 Å². The summed E-state index contributed by atoms with van der Waals surface area (Å²) in [5, 5.41) is 14.7. The van der Waals surface area contributed by atoms with Gasteiger partial charge >= 0.3 is 5.69 Å². The highest BCUT2D eigenvalue weighted by Gasteiger charge is 2.19. The van der Waals surface area contributed by atoms with Crippen LogP contribution in [0.3, 0.4) is 0 Å². The van der Waals surface area contributed by atoms with E-state index >= 15 is 0 Å². The number of aromatic nitrogens is 3. The van der Waals surface area contributed by atoms with Crippen molar-refractivity contribution < 1.29 is 13.7 Å². The third-order valence-electron chi connectivity index (χ3n) is 3.64. The molecule has 0 aliphatic heterocycles. The Labute approximate surface area is 139 Å². The molecule has 1 heterocycles. The van der Waals surface area contributed by atoms with Gasteiger partial charge in [-0.3, -0.25) is 10.1 Å². The van der Waals surface area contributed by atoms with E-state index in [1.165, 1.54) is 37.3 Å². The summed E-state index contributed by atoms with van der Waals surface area (Å²) in [6, 6.07) is 8.90. The fourth-order valence-corrected chi connectivity index (χ4v) is 2.48. The Balaban J connectivity index is 2.00. The second-order valence-electron chi connectivity index (χ2n) is 5.32. The summed E-state index contributed by atoms with van der Waals surface area (Å²) in [4.78, 5) is 22.6. The van der Waals surface area contributed by atoms with Gasteiger partial charge in [-0.05, 0) is 24.6 Å². The van der Waals surface area contributed by atoms with Gasteiger partial charge in [0.15, 0.2) is 0 Å². The molecule has 0 bridgehead atoms. The van der Waals surface area contributed by atoms with E-state index in [4.69, 9.17) is 0 Å². The molecule has 0 N–H and O–H groups in total.